The summed E-state index contributed by atoms with van der Waals surface area (Å²) in [6.07, 6.45) is 5.52. The van der Waals surface area contributed by atoms with Crippen molar-refractivity contribution in [2.45, 2.75) is 26.4 Å². The first-order valence-corrected chi connectivity index (χ1v) is 3.00. The second-order valence-electron chi connectivity index (χ2n) is 1.78. The summed E-state index contributed by atoms with van der Waals surface area (Å²) in [7, 11) is 1.71. The van der Waals surface area contributed by atoms with Gasteiger partial charge in [-0.05, 0) is 13.3 Å². The van der Waals surface area contributed by atoms with Gasteiger partial charge in [-0.15, -0.1) is 0 Å². The summed E-state index contributed by atoms with van der Waals surface area (Å²) in [6.45, 7) is 4.13. The molecular formula is C7H14O. The van der Waals surface area contributed by atoms with E-state index in [1.165, 1.54) is 0 Å². The third-order valence-electron chi connectivity index (χ3n) is 1.01. The molecule has 0 heterocycles. The molecular weight excluding hydrogens is 100 g/mol. The monoisotopic (exact) mass is 114 g/mol. The molecule has 0 unspecified atom stereocenters. The van der Waals surface area contributed by atoms with Gasteiger partial charge in [-0.3, -0.25) is 0 Å². The predicted octanol–water partition coefficient (Wildman–Crippen LogP) is 1.99. The Morgan fingerprint density at radius 3 is 2.62 bits per heavy atom. The van der Waals surface area contributed by atoms with Crippen LogP contribution in [0, 0.1) is 0 Å². The average Bonchev–Trinajstić information content (AvgIpc) is 1.83. The molecule has 0 aromatic rings. The Bertz CT molecular complexity index is 66.8. The number of methoxy groups -OCH3 is 1. The zero-order valence-corrected chi connectivity index (χ0v) is 5.85. The summed E-state index contributed by atoms with van der Waals surface area (Å²) >= 11 is 0. The molecule has 0 amide bonds. The Hall–Kier alpha value is -0.300. The highest BCUT2D eigenvalue weighted by Crippen LogP contribution is 1.90. The van der Waals surface area contributed by atoms with E-state index in [-0.39, 0.29) is 6.10 Å². The first kappa shape index (κ1) is 7.70. The van der Waals surface area contributed by atoms with E-state index < -0.39 is 0 Å². The molecule has 0 fully saturated rings. The Morgan fingerprint density at radius 1 is 1.62 bits per heavy atom. The minimum absolute atomic E-state index is 0.273. The fraction of sp³-hybridized carbons (Fsp3) is 0.714. The van der Waals surface area contributed by atoms with Gasteiger partial charge in [0.2, 0.25) is 0 Å². The van der Waals surface area contributed by atoms with Crippen LogP contribution in [0.25, 0.3) is 0 Å². The van der Waals surface area contributed by atoms with Crippen LogP contribution in [0.2, 0.25) is 0 Å². The number of ether oxygens (including phenoxy) is 1. The Balaban J connectivity index is 3.21. The smallest absolute Gasteiger partial charge is 0.0723 e. The fourth-order valence-electron chi connectivity index (χ4n) is 0.406. The molecule has 1 nitrogen and oxygen atoms in total. The van der Waals surface area contributed by atoms with E-state index in [1.54, 1.807) is 7.11 Å². The molecule has 0 aliphatic heterocycles. The Kier molecular flexibility index (Phi) is 4.67. The fourth-order valence-corrected chi connectivity index (χ4v) is 0.406. The van der Waals surface area contributed by atoms with E-state index >= 15 is 0 Å². The molecule has 48 valence electrons. The second-order valence-corrected chi connectivity index (χ2v) is 1.78. The Labute approximate surface area is 51.4 Å². The van der Waals surface area contributed by atoms with E-state index in [0.717, 1.165) is 6.42 Å². The molecule has 1 atom stereocenters. The minimum Gasteiger partial charge on any atom is -0.378 e. The summed E-state index contributed by atoms with van der Waals surface area (Å²) in [6, 6.07) is 0. The van der Waals surface area contributed by atoms with Crippen LogP contribution >= 0.6 is 0 Å². The summed E-state index contributed by atoms with van der Waals surface area (Å²) in [5, 5.41) is 0. The lowest BCUT2D eigenvalue weighted by molar-refractivity contribution is 0.156. The van der Waals surface area contributed by atoms with Crippen molar-refractivity contribution in [3.05, 3.63) is 12.2 Å². The molecule has 0 N–H and O–H groups in total. The maximum Gasteiger partial charge on any atom is 0.0723 e. The first-order valence-electron chi connectivity index (χ1n) is 3.00. The molecule has 0 radical (unpaired) electrons. The van der Waals surface area contributed by atoms with Crippen LogP contribution in [-0.2, 0) is 4.74 Å². The van der Waals surface area contributed by atoms with Crippen molar-refractivity contribution in [2.75, 3.05) is 7.11 Å². The topological polar surface area (TPSA) is 9.23 Å². The number of hydrogen-bond acceptors (Lipinski definition) is 1. The Morgan fingerprint density at radius 2 is 2.25 bits per heavy atom. The van der Waals surface area contributed by atoms with Gasteiger partial charge in [0, 0.05) is 7.11 Å². The van der Waals surface area contributed by atoms with Crippen molar-refractivity contribution in [3.63, 3.8) is 0 Å². The molecule has 0 bridgehead atoms. The standard InChI is InChI=1S/C7H14O/c1-4-5-6-7(2)8-3/h5-7H,4H2,1-3H3/b6-5-/t7-/m1/s1. The van der Waals surface area contributed by atoms with Crippen LogP contribution in [0.15, 0.2) is 12.2 Å². The lowest BCUT2D eigenvalue weighted by Gasteiger charge is -1.99. The summed E-state index contributed by atoms with van der Waals surface area (Å²) in [4.78, 5) is 0. The first-order chi connectivity index (χ1) is 3.81. The lowest BCUT2D eigenvalue weighted by atomic mass is 10.3. The van der Waals surface area contributed by atoms with Gasteiger partial charge in [0.1, 0.15) is 0 Å². The quantitative estimate of drug-likeness (QED) is 0.510. The van der Waals surface area contributed by atoms with Crippen LogP contribution in [0.5, 0.6) is 0 Å². The largest absolute Gasteiger partial charge is 0.378 e. The number of rotatable bonds is 3. The molecule has 0 spiro atoms. The molecule has 0 aromatic heterocycles. The van der Waals surface area contributed by atoms with Gasteiger partial charge in [0.15, 0.2) is 0 Å². The maximum atomic E-state index is 4.97. The lowest BCUT2D eigenvalue weighted by Crippen LogP contribution is -1.97. The summed E-state index contributed by atoms with van der Waals surface area (Å²) < 4.78 is 4.97. The van der Waals surface area contributed by atoms with E-state index in [4.69, 9.17) is 4.74 Å². The zero-order valence-electron chi connectivity index (χ0n) is 5.85. The minimum atomic E-state index is 0.273. The third kappa shape index (κ3) is 3.88. The average molecular weight is 114 g/mol. The van der Waals surface area contributed by atoms with E-state index in [1.807, 2.05) is 6.92 Å². The van der Waals surface area contributed by atoms with Crippen LogP contribution in [-0.4, -0.2) is 13.2 Å². The SMILES string of the molecule is CC/C=C\[C@@H](C)OC. The van der Waals surface area contributed by atoms with Crippen LogP contribution in [0.3, 0.4) is 0 Å². The van der Waals surface area contributed by atoms with Crippen molar-refractivity contribution in [2.24, 2.45) is 0 Å². The third-order valence-corrected chi connectivity index (χ3v) is 1.01. The van der Waals surface area contributed by atoms with Gasteiger partial charge in [-0.2, -0.15) is 0 Å². The number of allylic oxidation sites excluding steroid dienone is 1. The predicted molar refractivity (Wildman–Crippen MR) is 35.9 cm³/mol. The maximum absolute atomic E-state index is 4.97. The highest BCUT2D eigenvalue weighted by atomic mass is 16.5. The molecule has 0 saturated heterocycles. The van der Waals surface area contributed by atoms with E-state index in [0.29, 0.717) is 0 Å². The highest BCUT2D eigenvalue weighted by molar-refractivity contribution is 4.85. The van der Waals surface area contributed by atoms with Gasteiger partial charge in [0.05, 0.1) is 6.10 Å². The van der Waals surface area contributed by atoms with Crippen molar-refractivity contribution in [1.29, 1.82) is 0 Å². The highest BCUT2D eigenvalue weighted by Gasteiger charge is 1.86. The van der Waals surface area contributed by atoms with Gasteiger partial charge in [-0.25, -0.2) is 0 Å². The molecule has 0 rings (SSSR count). The van der Waals surface area contributed by atoms with Crippen LogP contribution in [0.1, 0.15) is 20.3 Å². The van der Waals surface area contributed by atoms with E-state index in [2.05, 4.69) is 19.1 Å². The molecule has 0 aromatic carbocycles. The van der Waals surface area contributed by atoms with Gasteiger partial charge in [-0.1, -0.05) is 19.1 Å². The molecule has 0 aliphatic rings. The molecule has 1 heteroatoms. The summed E-state index contributed by atoms with van der Waals surface area (Å²) in [5.41, 5.74) is 0. The molecule has 8 heavy (non-hydrogen) atoms. The second kappa shape index (κ2) is 4.85. The number of hydrogen-bond donors (Lipinski definition) is 0. The van der Waals surface area contributed by atoms with Gasteiger partial charge < -0.3 is 4.74 Å². The molecule has 0 saturated carbocycles. The van der Waals surface area contributed by atoms with Crippen molar-refractivity contribution >= 4 is 0 Å². The normalized spacial score (nSPS) is 14.9. The van der Waals surface area contributed by atoms with E-state index in [9.17, 15) is 0 Å². The van der Waals surface area contributed by atoms with Gasteiger partial charge in [0.25, 0.3) is 0 Å². The zero-order chi connectivity index (χ0) is 6.41. The van der Waals surface area contributed by atoms with Gasteiger partial charge >= 0.3 is 0 Å². The van der Waals surface area contributed by atoms with Crippen molar-refractivity contribution < 1.29 is 4.74 Å². The molecule has 0 aliphatic carbocycles. The van der Waals surface area contributed by atoms with Crippen molar-refractivity contribution in [3.8, 4) is 0 Å². The van der Waals surface area contributed by atoms with Crippen molar-refractivity contribution in [1.82, 2.24) is 0 Å². The van der Waals surface area contributed by atoms with Crippen LogP contribution in [0.4, 0.5) is 0 Å². The summed E-state index contributed by atoms with van der Waals surface area (Å²) in [5.74, 6) is 0. The van der Waals surface area contributed by atoms with Crippen LogP contribution < -0.4 is 0 Å².